The maximum absolute atomic E-state index is 12.1. The Balaban J connectivity index is 1.70. The Bertz CT molecular complexity index is 449. The minimum atomic E-state index is -0.441. The van der Waals surface area contributed by atoms with Crippen LogP contribution in [0.2, 0.25) is 0 Å². The summed E-state index contributed by atoms with van der Waals surface area (Å²) in [5.41, 5.74) is 0.619. The molecule has 0 radical (unpaired) electrons. The summed E-state index contributed by atoms with van der Waals surface area (Å²) < 4.78 is 5.61. The maximum Gasteiger partial charge on any atom is 0.190 e. The van der Waals surface area contributed by atoms with Crippen LogP contribution in [0.15, 0.2) is 36.4 Å². The van der Waals surface area contributed by atoms with Crippen LogP contribution in [-0.2, 0) is 9.53 Å². The van der Waals surface area contributed by atoms with E-state index in [9.17, 15) is 4.79 Å². The molecule has 88 valence electrons. The van der Waals surface area contributed by atoms with Gasteiger partial charge in [0.25, 0.3) is 0 Å². The first-order chi connectivity index (χ1) is 8.31. The number of ketones is 1. The third-order valence-corrected chi connectivity index (χ3v) is 3.72. The molecule has 0 aromatic heterocycles. The highest BCUT2D eigenvalue weighted by Crippen LogP contribution is 2.48. The molecule has 1 heterocycles. The Morgan fingerprint density at radius 3 is 2.88 bits per heavy atom. The van der Waals surface area contributed by atoms with Gasteiger partial charge < -0.3 is 4.74 Å². The van der Waals surface area contributed by atoms with E-state index in [1.165, 1.54) is 6.42 Å². The van der Waals surface area contributed by atoms with Crippen molar-refractivity contribution in [1.29, 1.82) is 0 Å². The second-order valence-electron chi connectivity index (χ2n) is 4.85. The number of carbonyl (C=O) groups is 1. The zero-order chi connectivity index (χ0) is 11.7. The number of carbonyl (C=O) groups excluding carboxylic acids is 1. The fourth-order valence-electron chi connectivity index (χ4n) is 2.67. The molecule has 2 atom stereocenters. The molecule has 2 unspecified atom stereocenters. The molecule has 2 aliphatic rings. The van der Waals surface area contributed by atoms with Gasteiger partial charge in [0, 0.05) is 0 Å². The van der Waals surface area contributed by atoms with Gasteiger partial charge in [-0.05, 0) is 30.9 Å². The predicted octanol–water partition coefficient (Wildman–Crippen LogP) is 2.98. The van der Waals surface area contributed by atoms with Gasteiger partial charge >= 0.3 is 0 Å². The minimum absolute atomic E-state index is 0.144. The Morgan fingerprint density at radius 1 is 1.29 bits per heavy atom. The molecule has 0 spiro atoms. The third-order valence-electron chi connectivity index (χ3n) is 3.72. The normalized spacial score (nSPS) is 31.2. The molecule has 2 fully saturated rings. The van der Waals surface area contributed by atoms with Gasteiger partial charge in [0.05, 0.1) is 6.10 Å². The van der Waals surface area contributed by atoms with Gasteiger partial charge in [-0.3, -0.25) is 4.79 Å². The van der Waals surface area contributed by atoms with Crippen molar-refractivity contribution in [2.45, 2.75) is 37.4 Å². The Kier molecular flexibility index (Phi) is 2.60. The predicted molar refractivity (Wildman–Crippen MR) is 66.6 cm³/mol. The molecule has 1 aromatic carbocycles. The van der Waals surface area contributed by atoms with E-state index in [1.807, 2.05) is 36.4 Å². The maximum atomic E-state index is 12.1. The number of hydrogen-bond acceptors (Lipinski definition) is 2. The summed E-state index contributed by atoms with van der Waals surface area (Å²) in [4.78, 5) is 12.1. The largest absolute Gasteiger partial charge is 0.357 e. The summed E-state index contributed by atoms with van der Waals surface area (Å²) >= 11 is 0. The average molecular weight is 228 g/mol. The SMILES string of the molecule is O=C(C=Cc1ccccc1)C12CCCCC1O2. The van der Waals surface area contributed by atoms with Crippen LogP contribution in [0.1, 0.15) is 31.2 Å². The Hall–Kier alpha value is -1.41. The van der Waals surface area contributed by atoms with Gasteiger partial charge in [-0.2, -0.15) is 0 Å². The first-order valence-corrected chi connectivity index (χ1v) is 6.27. The van der Waals surface area contributed by atoms with Crippen molar-refractivity contribution in [1.82, 2.24) is 0 Å². The number of hydrogen-bond donors (Lipinski definition) is 0. The summed E-state index contributed by atoms with van der Waals surface area (Å²) in [6.07, 6.45) is 8.01. The van der Waals surface area contributed by atoms with Crippen molar-refractivity contribution >= 4 is 11.9 Å². The Morgan fingerprint density at radius 2 is 2.12 bits per heavy atom. The zero-order valence-corrected chi connectivity index (χ0v) is 9.76. The van der Waals surface area contributed by atoms with E-state index in [0.717, 1.165) is 24.8 Å². The molecule has 3 rings (SSSR count). The first kappa shape index (κ1) is 10.7. The highest BCUT2D eigenvalue weighted by Gasteiger charge is 2.61. The van der Waals surface area contributed by atoms with Crippen LogP contribution >= 0.6 is 0 Å². The summed E-state index contributed by atoms with van der Waals surface area (Å²) in [6.45, 7) is 0. The molecule has 1 aromatic rings. The molecule has 0 bridgehead atoms. The third kappa shape index (κ3) is 1.93. The Labute approximate surface area is 101 Å². The van der Waals surface area contributed by atoms with E-state index in [-0.39, 0.29) is 11.9 Å². The van der Waals surface area contributed by atoms with Crippen LogP contribution in [0.25, 0.3) is 6.08 Å². The molecule has 1 aliphatic carbocycles. The number of ether oxygens (including phenoxy) is 1. The van der Waals surface area contributed by atoms with E-state index in [4.69, 9.17) is 4.74 Å². The van der Waals surface area contributed by atoms with Crippen LogP contribution in [-0.4, -0.2) is 17.5 Å². The lowest BCUT2D eigenvalue weighted by molar-refractivity contribution is -0.119. The van der Waals surface area contributed by atoms with Crippen molar-refractivity contribution in [2.75, 3.05) is 0 Å². The highest BCUT2D eigenvalue weighted by molar-refractivity contribution is 6.02. The van der Waals surface area contributed by atoms with Crippen LogP contribution < -0.4 is 0 Å². The quantitative estimate of drug-likeness (QED) is 0.588. The molecule has 1 saturated heterocycles. The van der Waals surface area contributed by atoms with Gasteiger partial charge in [-0.1, -0.05) is 42.8 Å². The van der Waals surface area contributed by atoms with E-state index in [1.54, 1.807) is 6.08 Å². The van der Waals surface area contributed by atoms with Gasteiger partial charge in [0.1, 0.15) is 0 Å². The molecular weight excluding hydrogens is 212 g/mol. The minimum Gasteiger partial charge on any atom is -0.357 e. The van der Waals surface area contributed by atoms with Crippen LogP contribution in [0.5, 0.6) is 0 Å². The summed E-state index contributed by atoms with van der Waals surface area (Å²) in [7, 11) is 0. The monoisotopic (exact) mass is 228 g/mol. The first-order valence-electron chi connectivity index (χ1n) is 6.27. The van der Waals surface area contributed by atoms with Crippen molar-refractivity contribution in [3.05, 3.63) is 42.0 Å². The fourth-order valence-corrected chi connectivity index (χ4v) is 2.67. The van der Waals surface area contributed by atoms with Crippen LogP contribution in [0.4, 0.5) is 0 Å². The zero-order valence-electron chi connectivity index (χ0n) is 9.76. The van der Waals surface area contributed by atoms with E-state index in [2.05, 4.69) is 0 Å². The van der Waals surface area contributed by atoms with Gasteiger partial charge in [0.15, 0.2) is 11.4 Å². The van der Waals surface area contributed by atoms with E-state index >= 15 is 0 Å². The van der Waals surface area contributed by atoms with Crippen molar-refractivity contribution in [2.24, 2.45) is 0 Å². The lowest BCUT2D eigenvalue weighted by Crippen LogP contribution is -2.28. The molecule has 0 N–H and O–H groups in total. The number of rotatable bonds is 3. The number of fused-ring (bicyclic) bond motifs is 1. The second-order valence-corrected chi connectivity index (χ2v) is 4.85. The topological polar surface area (TPSA) is 29.6 Å². The van der Waals surface area contributed by atoms with Gasteiger partial charge in [-0.25, -0.2) is 0 Å². The molecule has 17 heavy (non-hydrogen) atoms. The summed E-state index contributed by atoms with van der Waals surface area (Å²) in [6, 6.07) is 9.90. The number of benzene rings is 1. The number of epoxide rings is 1. The highest BCUT2D eigenvalue weighted by atomic mass is 16.6. The molecule has 0 amide bonds. The summed E-state index contributed by atoms with van der Waals surface area (Å²) in [5, 5.41) is 0. The standard InChI is InChI=1S/C15H16O2/c16-13(10-9-12-6-2-1-3-7-12)15-11-5-4-8-14(15)17-15/h1-3,6-7,9-10,14H,4-5,8,11H2. The van der Waals surface area contributed by atoms with Crippen molar-refractivity contribution in [3.8, 4) is 0 Å². The van der Waals surface area contributed by atoms with Crippen LogP contribution in [0, 0.1) is 0 Å². The van der Waals surface area contributed by atoms with E-state index in [0.29, 0.717) is 0 Å². The molecule has 1 aliphatic heterocycles. The molecule has 2 nitrogen and oxygen atoms in total. The van der Waals surface area contributed by atoms with Crippen molar-refractivity contribution in [3.63, 3.8) is 0 Å². The summed E-state index contributed by atoms with van der Waals surface area (Å²) in [5.74, 6) is 0.144. The fraction of sp³-hybridized carbons (Fsp3) is 0.400. The van der Waals surface area contributed by atoms with Crippen LogP contribution in [0.3, 0.4) is 0 Å². The molecule has 1 saturated carbocycles. The lowest BCUT2D eigenvalue weighted by Gasteiger charge is -2.13. The van der Waals surface area contributed by atoms with E-state index < -0.39 is 5.60 Å². The molecule has 2 heteroatoms. The van der Waals surface area contributed by atoms with Gasteiger partial charge in [-0.15, -0.1) is 0 Å². The van der Waals surface area contributed by atoms with Gasteiger partial charge in [0.2, 0.25) is 0 Å². The van der Waals surface area contributed by atoms with Crippen molar-refractivity contribution < 1.29 is 9.53 Å². The second kappa shape index (κ2) is 4.11. The molecular formula is C15H16O2. The smallest absolute Gasteiger partial charge is 0.190 e. The average Bonchev–Trinajstić information content (AvgIpc) is 3.13. The lowest BCUT2D eigenvalue weighted by atomic mass is 9.86.